The predicted octanol–water partition coefficient (Wildman–Crippen LogP) is 1.11. The van der Waals surface area contributed by atoms with Gasteiger partial charge in [-0.05, 0) is 35.7 Å². The molecular weight excluding hydrogens is 384 g/mol. The normalized spacial score (nSPS) is 23.4. The molecule has 152 valence electrons. The Hall–Kier alpha value is -3.52. The minimum Gasteiger partial charge on any atom is -0.365 e. The van der Waals surface area contributed by atoms with Crippen LogP contribution in [0, 0.1) is 0 Å². The molecule has 2 aromatic carbocycles. The highest BCUT2D eigenvalue weighted by atomic mass is 16.2. The molecule has 0 spiro atoms. The summed E-state index contributed by atoms with van der Waals surface area (Å²) in [7, 11) is 0. The smallest absolute Gasteiger partial charge is 0.262 e. The number of amides is 4. The summed E-state index contributed by atoms with van der Waals surface area (Å²) < 4.78 is 0. The van der Waals surface area contributed by atoms with E-state index in [-0.39, 0.29) is 30.0 Å². The molecule has 0 radical (unpaired) electrons. The molecule has 1 saturated heterocycles. The average Bonchev–Trinajstić information content (AvgIpc) is 2.98. The van der Waals surface area contributed by atoms with Gasteiger partial charge in [0.15, 0.2) is 0 Å². The Morgan fingerprint density at radius 2 is 1.73 bits per heavy atom. The fraction of sp³-hybridized carbons (Fsp3) is 0.273. The van der Waals surface area contributed by atoms with Crippen molar-refractivity contribution in [1.82, 2.24) is 10.2 Å². The van der Waals surface area contributed by atoms with Crippen LogP contribution >= 0.6 is 0 Å². The fourth-order valence-corrected chi connectivity index (χ4v) is 4.50. The van der Waals surface area contributed by atoms with E-state index in [0.29, 0.717) is 13.1 Å². The third-order valence-electron chi connectivity index (χ3n) is 6.02. The van der Waals surface area contributed by atoms with Crippen molar-refractivity contribution in [3.8, 4) is 0 Å². The SMILES string of the molecule is NC1CN(c2ccc3c(c2)C(=O)N(C2CCC(=O)NC2=O)C3=O)Cc2ccccc21. The number of imide groups is 2. The van der Waals surface area contributed by atoms with Gasteiger partial charge in [-0.2, -0.15) is 0 Å². The molecule has 3 N–H and O–H groups in total. The van der Waals surface area contributed by atoms with Crippen LogP contribution in [0.2, 0.25) is 0 Å². The van der Waals surface area contributed by atoms with Crippen molar-refractivity contribution < 1.29 is 19.2 Å². The second-order valence-corrected chi connectivity index (χ2v) is 7.86. The van der Waals surface area contributed by atoms with Crippen molar-refractivity contribution in [2.75, 3.05) is 11.4 Å². The van der Waals surface area contributed by atoms with E-state index in [0.717, 1.165) is 21.7 Å². The monoisotopic (exact) mass is 404 g/mol. The largest absolute Gasteiger partial charge is 0.365 e. The summed E-state index contributed by atoms with van der Waals surface area (Å²) in [4.78, 5) is 52.5. The minimum absolute atomic E-state index is 0.0974. The van der Waals surface area contributed by atoms with Gasteiger partial charge in [0.05, 0.1) is 11.1 Å². The molecule has 1 fully saturated rings. The molecule has 5 rings (SSSR count). The van der Waals surface area contributed by atoms with Crippen molar-refractivity contribution in [1.29, 1.82) is 0 Å². The first-order chi connectivity index (χ1) is 14.4. The summed E-state index contributed by atoms with van der Waals surface area (Å²) in [5.41, 5.74) is 9.93. The van der Waals surface area contributed by atoms with Crippen LogP contribution in [0.15, 0.2) is 42.5 Å². The van der Waals surface area contributed by atoms with Gasteiger partial charge in [0.2, 0.25) is 11.8 Å². The van der Waals surface area contributed by atoms with E-state index in [1.54, 1.807) is 18.2 Å². The highest BCUT2D eigenvalue weighted by Crippen LogP contribution is 2.33. The lowest BCUT2D eigenvalue weighted by molar-refractivity contribution is -0.136. The van der Waals surface area contributed by atoms with Gasteiger partial charge in [0, 0.05) is 31.2 Å². The Morgan fingerprint density at radius 1 is 0.967 bits per heavy atom. The molecule has 2 atom stereocenters. The summed E-state index contributed by atoms with van der Waals surface area (Å²) in [6, 6.07) is 12.0. The first kappa shape index (κ1) is 18.5. The number of hydrogen-bond acceptors (Lipinski definition) is 6. The second-order valence-electron chi connectivity index (χ2n) is 7.86. The van der Waals surface area contributed by atoms with E-state index < -0.39 is 29.7 Å². The number of benzene rings is 2. The maximum atomic E-state index is 13.0. The van der Waals surface area contributed by atoms with Crippen molar-refractivity contribution >= 4 is 29.3 Å². The van der Waals surface area contributed by atoms with E-state index in [4.69, 9.17) is 5.73 Å². The third-order valence-corrected chi connectivity index (χ3v) is 6.02. The third kappa shape index (κ3) is 2.80. The molecule has 8 nitrogen and oxygen atoms in total. The molecule has 3 aliphatic heterocycles. The maximum Gasteiger partial charge on any atom is 0.262 e. The Labute approximate surface area is 172 Å². The Balaban J connectivity index is 1.44. The van der Waals surface area contributed by atoms with Crippen LogP contribution < -0.4 is 16.0 Å². The number of carbonyl (C=O) groups excluding carboxylic acids is 4. The topological polar surface area (TPSA) is 113 Å². The number of rotatable bonds is 2. The second kappa shape index (κ2) is 6.77. The molecular formula is C22H20N4O4. The van der Waals surface area contributed by atoms with Gasteiger partial charge in [-0.25, -0.2) is 0 Å². The number of carbonyl (C=O) groups is 4. The predicted molar refractivity (Wildman–Crippen MR) is 108 cm³/mol. The van der Waals surface area contributed by atoms with E-state index in [1.807, 2.05) is 24.3 Å². The Bertz CT molecular complexity index is 1110. The summed E-state index contributed by atoms with van der Waals surface area (Å²) in [5.74, 6) is -2.01. The minimum atomic E-state index is -0.964. The average molecular weight is 404 g/mol. The van der Waals surface area contributed by atoms with E-state index in [9.17, 15) is 19.2 Å². The summed E-state index contributed by atoms with van der Waals surface area (Å²) >= 11 is 0. The maximum absolute atomic E-state index is 13.0. The van der Waals surface area contributed by atoms with Crippen molar-refractivity contribution in [3.63, 3.8) is 0 Å². The lowest BCUT2D eigenvalue weighted by Gasteiger charge is -2.34. The zero-order chi connectivity index (χ0) is 21.0. The summed E-state index contributed by atoms with van der Waals surface area (Å²) in [6.45, 7) is 1.25. The van der Waals surface area contributed by atoms with Gasteiger partial charge >= 0.3 is 0 Å². The molecule has 4 amide bonds. The molecule has 30 heavy (non-hydrogen) atoms. The Kier molecular flexibility index (Phi) is 4.18. The van der Waals surface area contributed by atoms with Crippen LogP contribution in [0.25, 0.3) is 0 Å². The van der Waals surface area contributed by atoms with Crippen LogP contribution in [-0.4, -0.2) is 41.1 Å². The molecule has 3 aliphatic rings. The fourth-order valence-electron chi connectivity index (χ4n) is 4.50. The molecule has 0 aromatic heterocycles. The van der Waals surface area contributed by atoms with E-state index >= 15 is 0 Å². The van der Waals surface area contributed by atoms with Gasteiger partial charge in [-0.3, -0.25) is 29.4 Å². The highest BCUT2D eigenvalue weighted by Gasteiger charge is 2.44. The standard InChI is InChI=1S/C22H20N4O4/c23-17-11-25(10-12-3-1-2-4-14(12)17)13-5-6-15-16(9-13)22(30)26(21(15)29)18-7-8-19(27)24-20(18)28/h1-6,9,17-18H,7-8,10-11,23H2,(H,24,27,28). The van der Waals surface area contributed by atoms with Crippen LogP contribution in [-0.2, 0) is 16.1 Å². The van der Waals surface area contributed by atoms with Crippen molar-refractivity contribution in [3.05, 3.63) is 64.7 Å². The van der Waals surface area contributed by atoms with Crippen LogP contribution in [0.3, 0.4) is 0 Å². The highest BCUT2D eigenvalue weighted by molar-refractivity contribution is 6.23. The molecule has 8 heteroatoms. The lowest BCUT2D eigenvalue weighted by Crippen LogP contribution is -2.54. The summed E-state index contributed by atoms with van der Waals surface area (Å²) in [5, 5.41) is 2.21. The van der Waals surface area contributed by atoms with Gasteiger partial charge in [0.25, 0.3) is 11.8 Å². The zero-order valence-electron chi connectivity index (χ0n) is 16.1. The molecule has 3 heterocycles. The number of anilines is 1. The summed E-state index contributed by atoms with van der Waals surface area (Å²) in [6.07, 6.45) is 0.237. The number of nitrogens with zero attached hydrogens (tertiary/aromatic N) is 2. The first-order valence-electron chi connectivity index (χ1n) is 9.88. The van der Waals surface area contributed by atoms with Crippen LogP contribution in [0.1, 0.15) is 50.7 Å². The molecule has 0 saturated carbocycles. The number of hydrogen-bond donors (Lipinski definition) is 2. The lowest BCUT2D eigenvalue weighted by atomic mass is 9.95. The number of fused-ring (bicyclic) bond motifs is 2. The molecule has 0 bridgehead atoms. The molecule has 2 aromatic rings. The van der Waals surface area contributed by atoms with Crippen LogP contribution in [0.4, 0.5) is 5.69 Å². The van der Waals surface area contributed by atoms with Gasteiger partial charge in [-0.15, -0.1) is 0 Å². The Morgan fingerprint density at radius 3 is 2.53 bits per heavy atom. The molecule has 0 aliphatic carbocycles. The van der Waals surface area contributed by atoms with Gasteiger partial charge < -0.3 is 10.6 Å². The van der Waals surface area contributed by atoms with Crippen molar-refractivity contribution in [2.45, 2.75) is 31.5 Å². The first-order valence-corrected chi connectivity index (χ1v) is 9.88. The number of piperidine rings is 1. The van der Waals surface area contributed by atoms with Crippen molar-refractivity contribution in [2.24, 2.45) is 5.73 Å². The van der Waals surface area contributed by atoms with E-state index in [2.05, 4.69) is 10.2 Å². The van der Waals surface area contributed by atoms with Crippen LogP contribution in [0.5, 0.6) is 0 Å². The number of nitrogens with two attached hydrogens (primary N) is 1. The van der Waals surface area contributed by atoms with Gasteiger partial charge in [-0.1, -0.05) is 24.3 Å². The molecule has 2 unspecified atom stereocenters. The van der Waals surface area contributed by atoms with E-state index in [1.165, 1.54) is 0 Å². The van der Waals surface area contributed by atoms with Gasteiger partial charge in [0.1, 0.15) is 6.04 Å². The zero-order valence-corrected chi connectivity index (χ0v) is 16.1. The number of nitrogens with one attached hydrogen (secondary N) is 1. The quantitative estimate of drug-likeness (QED) is 0.725.